The van der Waals surface area contributed by atoms with Crippen molar-refractivity contribution in [3.05, 3.63) is 35.4 Å². The minimum Gasteiger partial charge on any atom is -0.329 e. The highest BCUT2D eigenvalue weighted by Crippen LogP contribution is 2.26. The molecule has 118 valence electrons. The Balaban J connectivity index is 2.05. The fourth-order valence-corrected chi connectivity index (χ4v) is 3.01. The van der Waals surface area contributed by atoms with E-state index >= 15 is 0 Å². The lowest BCUT2D eigenvalue weighted by Gasteiger charge is -2.39. The number of nitrogens with two attached hydrogens (primary N) is 1. The number of hydrogen-bond acceptors (Lipinski definition) is 3. The number of hydrogen-bond donors (Lipinski definition) is 1. The molecule has 1 fully saturated rings. The SMILES string of the molecule is CCCN1CCN(C(CN)c2cccc(C(F)F)c2)CC1. The summed E-state index contributed by atoms with van der Waals surface area (Å²) >= 11 is 0. The van der Waals surface area contributed by atoms with Crippen LogP contribution < -0.4 is 5.73 Å². The summed E-state index contributed by atoms with van der Waals surface area (Å²) in [6.45, 7) is 7.71. The van der Waals surface area contributed by atoms with E-state index in [9.17, 15) is 8.78 Å². The molecule has 1 aliphatic heterocycles. The van der Waals surface area contributed by atoms with Crippen LogP contribution in [-0.4, -0.2) is 49.1 Å². The monoisotopic (exact) mass is 297 g/mol. The highest BCUT2D eigenvalue weighted by Gasteiger charge is 2.24. The maximum atomic E-state index is 12.8. The lowest BCUT2D eigenvalue weighted by molar-refractivity contribution is 0.0982. The van der Waals surface area contributed by atoms with Crippen molar-refractivity contribution in [2.24, 2.45) is 5.73 Å². The molecular weight excluding hydrogens is 272 g/mol. The molecule has 2 N–H and O–H groups in total. The summed E-state index contributed by atoms with van der Waals surface area (Å²) in [5.74, 6) is 0. The Bertz CT molecular complexity index is 431. The highest BCUT2D eigenvalue weighted by molar-refractivity contribution is 5.27. The van der Waals surface area contributed by atoms with E-state index in [-0.39, 0.29) is 11.6 Å². The first-order valence-corrected chi connectivity index (χ1v) is 7.70. The largest absolute Gasteiger partial charge is 0.329 e. The van der Waals surface area contributed by atoms with Crippen LogP contribution in [0.15, 0.2) is 24.3 Å². The van der Waals surface area contributed by atoms with Gasteiger partial charge >= 0.3 is 0 Å². The molecule has 2 rings (SSSR count). The van der Waals surface area contributed by atoms with Gasteiger partial charge in [-0.1, -0.05) is 25.1 Å². The van der Waals surface area contributed by atoms with E-state index in [0.717, 1.165) is 44.7 Å². The topological polar surface area (TPSA) is 32.5 Å². The van der Waals surface area contributed by atoms with E-state index in [4.69, 9.17) is 5.73 Å². The van der Waals surface area contributed by atoms with Gasteiger partial charge in [-0.15, -0.1) is 0 Å². The number of piperazine rings is 1. The second-order valence-electron chi connectivity index (χ2n) is 5.60. The minimum atomic E-state index is -2.43. The zero-order valence-electron chi connectivity index (χ0n) is 12.6. The summed E-state index contributed by atoms with van der Waals surface area (Å²) in [6, 6.07) is 6.71. The third-order valence-corrected chi connectivity index (χ3v) is 4.16. The third-order valence-electron chi connectivity index (χ3n) is 4.16. The van der Waals surface area contributed by atoms with Gasteiger partial charge in [-0.2, -0.15) is 0 Å². The summed E-state index contributed by atoms with van der Waals surface area (Å²) in [5, 5.41) is 0. The zero-order chi connectivity index (χ0) is 15.2. The van der Waals surface area contributed by atoms with Crippen LogP contribution in [0, 0.1) is 0 Å². The molecule has 21 heavy (non-hydrogen) atoms. The van der Waals surface area contributed by atoms with Crippen molar-refractivity contribution in [3.8, 4) is 0 Å². The van der Waals surface area contributed by atoms with Crippen molar-refractivity contribution < 1.29 is 8.78 Å². The first-order chi connectivity index (χ1) is 10.2. The second kappa shape index (κ2) is 7.82. The Morgan fingerprint density at radius 2 is 1.81 bits per heavy atom. The van der Waals surface area contributed by atoms with E-state index in [0.29, 0.717) is 6.54 Å². The van der Waals surface area contributed by atoms with Crippen LogP contribution >= 0.6 is 0 Å². The maximum Gasteiger partial charge on any atom is 0.263 e. The molecule has 1 aromatic rings. The number of alkyl halides is 2. The first-order valence-electron chi connectivity index (χ1n) is 7.70. The van der Waals surface area contributed by atoms with E-state index in [1.165, 1.54) is 6.07 Å². The molecule has 0 aliphatic carbocycles. The van der Waals surface area contributed by atoms with Crippen LogP contribution in [-0.2, 0) is 0 Å². The molecule has 0 bridgehead atoms. The van der Waals surface area contributed by atoms with Gasteiger partial charge in [0.25, 0.3) is 6.43 Å². The van der Waals surface area contributed by atoms with Gasteiger partial charge in [0.2, 0.25) is 0 Å². The van der Waals surface area contributed by atoms with Crippen LogP contribution in [0.3, 0.4) is 0 Å². The van der Waals surface area contributed by atoms with Gasteiger partial charge in [0, 0.05) is 44.3 Å². The van der Waals surface area contributed by atoms with Gasteiger partial charge in [0.1, 0.15) is 0 Å². The Morgan fingerprint density at radius 1 is 1.14 bits per heavy atom. The number of benzene rings is 1. The van der Waals surface area contributed by atoms with Gasteiger partial charge in [-0.05, 0) is 24.6 Å². The van der Waals surface area contributed by atoms with Crippen LogP contribution in [0.2, 0.25) is 0 Å². The lowest BCUT2D eigenvalue weighted by atomic mass is 10.0. The van der Waals surface area contributed by atoms with Crippen molar-refractivity contribution in [1.29, 1.82) is 0 Å². The van der Waals surface area contributed by atoms with Crippen LogP contribution in [0.25, 0.3) is 0 Å². The molecule has 0 spiro atoms. The average Bonchev–Trinajstić information content (AvgIpc) is 2.50. The molecule has 0 radical (unpaired) electrons. The van der Waals surface area contributed by atoms with Crippen molar-refractivity contribution in [2.75, 3.05) is 39.3 Å². The van der Waals surface area contributed by atoms with E-state index in [1.54, 1.807) is 12.1 Å². The molecular formula is C16H25F2N3. The van der Waals surface area contributed by atoms with E-state index < -0.39 is 6.43 Å². The Labute approximate surface area is 125 Å². The summed E-state index contributed by atoms with van der Waals surface area (Å²) in [6.07, 6.45) is -1.26. The molecule has 0 saturated carbocycles. The second-order valence-corrected chi connectivity index (χ2v) is 5.60. The fraction of sp³-hybridized carbons (Fsp3) is 0.625. The predicted octanol–water partition coefficient (Wildman–Crippen LogP) is 2.65. The Morgan fingerprint density at radius 3 is 2.38 bits per heavy atom. The van der Waals surface area contributed by atoms with Crippen LogP contribution in [0.1, 0.15) is 36.9 Å². The van der Waals surface area contributed by atoms with Crippen LogP contribution in [0.4, 0.5) is 8.78 Å². The fourth-order valence-electron chi connectivity index (χ4n) is 3.01. The molecule has 1 saturated heterocycles. The maximum absolute atomic E-state index is 12.8. The first kappa shape index (κ1) is 16.3. The molecule has 1 aliphatic rings. The molecule has 1 atom stereocenters. The average molecular weight is 297 g/mol. The molecule has 5 heteroatoms. The van der Waals surface area contributed by atoms with Crippen LogP contribution in [0.5, 0.6) is 0 Å². The van der Waals surface area contributed by atoms with Crippen molar-refractivity contribution in [2.45, 2.75) is 25.8 Å². The van der Waals surface area contributed by atoms with Gasteiger partial charge in [-0.25, -0.2) is 8.78 Å². The van der Waals surface area contributed by atoms with E-state index in [1.807, 2.05) is 6.07 Å². The summed E-state index contributed by atoms with van der Waals surface area (Å²) in [5.41, 5.74) is 6.89. The molecule has 1 unspecified atom stereocenters. The number of rotatable bonds is 6. The molecule has 1 aromatic carbocycles. The molecule has 1 heterocycles. The summed E-state index contributed by atoms with van der Waals surface area (Å²) in [7, 11) is 0. The quantitative estimate of drug-likeness (QED) is 0.876. The predicted molar refractivity (Wildman–Crippen MR) is 81.5 cm³/mol. The van der Waals surface area contributed by atoms with Gasteiger partial charge in [-0.3, -0.25) is 4.90 Å². The zero-order valence-corrected chi connectivity index (χ0v) is 12.6. The van der Waals surface area contributed by atoms with Gasteiger partial charge in [0.05, 0.1) is 0 Å². The Hall–Kier alpha value is -1.04. The molecule has 3 nitrogen and oxygen atoms in total. The normalized spacial score (nSPS) is 19.1. The van der Waals surface area contributed by atoms with Crippen molar-refractivity contribution in [3.63, 3.8) is 0 Å². The van der Waals surface area contributed by atoms with E-state index in [2.05, 4.69) is 16.7 Å². The van der Waals surface area contributed by atoms with Crippen molar-refractivity contribution >= 4 is 0 Å². The number of halogens is 2. The minimum absolute atomic E-state index is 0.0347. The third kappa shape index (κ3) is 4.22. The summed E-state index contributed by atoms with van der Waals surface area (Å²) < 4.78 is 25.7. The smallest absolute Gasteiger partial charge is 0.263 e. The lowest BCUT2D eigenvalue weighted by Crippen LogP contribution is -2.49. The Kier molecular flexibility index (Phi) is 6.08. The summed E-state index contributed by atoms with van der Waals surface area (Å²) in [4.78, 5) is 4.76. The molecule has 0 aromatic heterocycles. The van der Waals surface area contributed by atoms with Crippen molar-refractivity contribution in [1.82, 2.24) is 9.80 Å². The highest BCUT2D eigenvalue weighted by atomic mass is 19.3. The molecule has 0 amide bonds. The standard InChI is InChI=1S/C16H25F2N3/c1-2-6-20-7-9-21(10-8-20)15(12-19)13-4-3-5-14(11-13)16(17)18/h3-5,11,15-16H,2,6-10,12,19H2,1H3. The number of nitrogens with zero attached hydrogens (tertiary/aromatic N) is 2. The van der Waals surface area contributed by atoms with Gasteiger partial charge in [0.15, 0.2) is 0 Å². The van der Waals surface area contributed by atoms with Gasteiger partial charge < -0.3 is 10.6 Å².